The van der Waals surface area contributed by atoms with Gasteiger partial charge in [0.2, 0.25) is 5.88 Å². The summed E-state index contributed by atoms with van der Waals surface area (Å²) in [5.74, 6) is 0.142. The molecule has 1 atom stereocenters. The molecule has 1 aromatic heterocycles. The Morgan fingerprint density at radius 2 is 2.40 bits per heavy atom. The third-order valence-corrected chi connectivity index (χ3v) is 1.11. The van der Waals surface area contributed by atoms with Crippen LogP contribution in [-0.4, -0.2) is 13.7 Å². The van der Waals surface area contributed by atoms with E-state index in [1.165, 1.54) is 12.3 Å². The largest absolute Gasteiger partial charge is 0.359 e. The maximum atomic E-state index is 10.0. The molecule has 0 amide bonds. The molecule has 1 unspecified atom stereocenters. The van der Waals surface area contributed by atoms with Crippen molar-refractivity contribution >= 4 is 11.4 Å². The Morgan fingerprint density at radius 3 is 2.90 bits per heavy atom. The first-order valence-corrected chi connectivity index (χ1v) is 3.52. The minimum absolute atomic E-state index is 0.142. The highest BCUT2D eigenvalue weighted by Gasteiger charge is 1.95. The lowest BCUT2D eigenvalue weighted by atomic mass is 10.5. The van der Waals surface area contributed by atoms with Crippen LogP contribution in [-0.2, 0) is 11.4 Å². The van der Waals surface area contributed by atoms with E-state index in [4.69, 9.17) is 4.55 Å². The van der Waals surface area contributed by atoms with Crippen LogP contribution in [0.2, 0.25) is 0 Å². The van der Waals surface area contributed by atoms with Gasteiger partial charge in [0.05, 0.1) is 0 Å². The molecule has 1 N–H and O–H groups in total. The quantitative estimate of drug-likeness (QED) is 0.642. The van der Waals surface area contributed by atoms with E-state index in [1.807, 2.05) is 0 Å². The lowest BCUT2D eigenvalue weighted by molar-refractivity contribution is 0.449. The molecular weight excluding hydrogens is 154 g/mol. The molecule has 1 aromatic rings. The van der Waals surface area contributed by atoms with Crippen molar-refractivity contribution in [3.63, 3.8) is 0 Å². The zero-order chi connectivity index (χ0) is 7.40. The summed E-state index contributed by atoms with van der Waals surface area (Å²) in [5.41, 5.74) is 0. The Kier molecular flexibility index (Phi) is 2.35. The maximum absolute atomic E-state index is 10.0. The average Bonchev–Trinajstić information content (AvgIpc) is 1.88. The summed E-state index contributed by atoms with van der Waals surface area (Å²) in [6.07, 6.45) is 1.47. The molecule has 5 heteroatoms. The van der Waals surface area contributed by atoms with E-state index in [1.54, 1.807) is 12.1 Å². The Bertz CT molecular complexity index is 226. The molecule has 0 aliphatic carbocycles. The van der Waals surface area contributed by atoms with Crippen molar-refractivity contribution in [2.75, 3.05) is 0 Å². The number of hydrogen-bond donors (Lipinski definition) is 1. The number of aromatic nitrogens is 1. The van der Waals surface area contributed by atoms with Crippen LogP contribution in [0.15, 0.2) is 24.4 Å². The molecule has 4 nitrogen and oxygen atoms in total. The van der Waals surface area contributed by atoms with Crippen molar-refractivity contribution in [2.24, 2.45) is 0 Å². The van der Waals surface area contributed by atoms with E-state index >= 15 is 0 Å². The van der Waals surface area contributed by atoms with Crippen molar-refractivity contribution in [3.8, 4) is 5.88 Å². The topological polar surface area (TPSA) is 59.4 Å². The summed E-state index contributed by atoms with van der Waals surface area (Å²) >= 11 is -2.28. The van der Waals surface area contributed by atoms with Crippen molar-refractivity contribution in [1.29, 1.82) is 0 Å². The Morgan fingerprint density at radius 1 is 1.60 bits per heavy atom. The van der Waals surface area contributed by atoms with Crippen molar-refractivity contribution < 1.29 is 12.9 Å². The highest BCUT2D eigenvalue weighted by atomic mass is 32.2. The summed E-state index contributed by atoms with van der Waals surface area (Å²) < 4.78 is 22.6. The zero-order valence-corrected chi connectivity index (χ0v) is 5.75. The van der Waals surface area contributed by atoms with Gasteiger partial charge in [0, 0.05) is 12.3 Å². The van der Waals surface area contributed by atoms with Gasteiger partial charge in [-0.15, -0.1) is 0 Å². The van der Waals surface area contributed by atoms with E-state index in [9.17, 15) is 4.21 Å². The fourth-order valence-corrected chi connectivity index (χ4v) is 0.714. The molecule has 10 heavy (non-hydrogen) atoms. The molecule has 1 rings (SSSR count). The van der Waals surface area contributed by atoms with Crippen LogP contribution in [0, 0.1) is 0 Å². The lowest BCUT2D eigenvalue weighted by Crippen LogP contribution is -1.98. The molecule has 0 aromatic carbocycles. The molecule has 54 valence electrons. The fraction of sp³-hybridized carbons (Fsp3) is 0. The Hall–Kier alpha value is -0.940. The third-order valence-electron chi connectivity index (χ3n) is 0.794. The SMILES string of the molecule is O=S(O)Oc1ccccn1. The summed E-state index contributed by atoms with van der Waals surface area (Å²) in [5, 5.41) is 0. The summed E-state index contributed by atoms with van der Waals surface area (Å²) in [7, 11) is 0. The van der Waals surface area contributed by atoms with Crippen LogP contribution >= 0.6 is 0 Å². The molecule has 0 radical (unpaired) electrons. The first kappa shape index (κ1) is 7.17. The third kappa shape index (κ3) is 2.12. The molecule has 1 heterocycles. The van der Waals surface area contributed by atoms with Gasteiger partial charge in [-0.3, -0.25) is 4.55 Å². The number of pyridine rings is 1. The number of rotatable bonds is 2. The van der Waals surface area contributed by atoms with E-state index in [-0.39, 0.29) is 5.88 Å². The molecule has 0 aliphatic heterocycles. The van der Waals surface area contributed by atoms with Gasteiger partial charge in [0.1, 0.15) is 0 Å². The van der Waals surface area contributed by atoms with Gasteiger partial charge >= 0.3 is 11.4 Å². The first-order chi connectivity index (χ1) is 4.79. The Balaban J connectivity index is 2.67. The average molecular weight is 159 g/mol. The van der Waals surface area contributed by atoms with Gasteiger partial charge in [-0.05, 0) is 6.07 Å². The van der Waals surface area contributed by atoms with Crippen LogP contribution in [0.5, 0.6) is 5.88 Å². The van der Waals surface area contributed by atoms with Gasteiger partial charge in [-0.2, -0.15) is 4.21 Å². The van der Waals surface area contributed by atoms with Crippen LogP contribution in [0.1, 0.15) is 0 Å². The first-order valence-electron chi connectivity index (χ1n) is 2.49. The maximum Gasteiger partial charge on any atom is 0.359 e. The van der Waals surface area contributed by atoms with E-state index in [0.717, 1.165) is 0 Å². The number of hydrogen-bond acceptors (Lipinski definition) is 3. The minimum Gasteiger partial charge on any atom is -0.359 e. The van der Waals surface area contributed by atoms with Gasteiger partial charge in [0.15, 0.2) is 0 Å². The van der Waals surface area contributed by atoms with Crippen LogP contribution in [0.25, 0.3) is 0 Å². The van der Waals surface area contributed by atoms with E-state index < -0.39 is 11.4 Å². The minimum atomic E-state index is -2.28. The predicted molar refractivity (Wildman–Crippen MR) is 35.6 cm³/mol. The van der Waals surface area contributed by atoms with Gasteiger partial charge in [-0.25, -0.2) is 4.98 Å². The van der Waals surface area contributed by atoms with Crippen LogP contribution in [0.4, 0.5) is 0 Å². The predicted octanol–water partition coefficient (Wildman–Crippen LogP) is 0.597. The normalized spacial score (nSPS) is 12.5. The molecule has 0 saturated heterocycles. The lowest BCUT2D eigenvalue weighted by Gasteiger charge is -1.94. The molecule has 0 bridgehead atoms. The summed E-state index contributed by atoms with van der Waals surface area (Å²) in [4.78, 5) is 3.64. The second kappa shape index (κ2) is 3.28. The monoisotopic (exact) mass is 159 g/mol. The van der Waals surface area contributed by atoms with E-state index in [2.05, 4.69) is 9.17 Å². The molecule has 0 aliphatic rings. The van der Waals surface area contributed by atoms with Crippen LogP contribution in [0.3, 0.4) is 0 Å². The van der Waals surface area contributed by atoms with Crippen molar-refractivity contribution in [2.45, 2.75) is 0 Å². The smallest absolute Gasteiger partial charge is 0.359 e. The second-order valence-electron chi connectivity index (χ2n) is 1.47. The summed E-state index contributed by atoms with van der Waals surface area (Å²) in [6, 6.07) is 4.84. The highest BCUT2D eigenvalue weighted by molar-refractivity contribution is 7.74. The van der Waals surface area contributed by atoms with Crippen molar-refractivity contribution in [1.82, 2.24) is 4.98 Å². The standard InChI is InChI=1S/C5H5NO3S/c7-10(8)9-5-3-1-2-4-6-5/h1-4H,(H,7,8). The molecule has 0 spiro atoms. The van der Waals surface area contributed by atoms with Gasteiger partial charge < -0.3 is 4.18 Å². The molecule has 0 fully saturated rings. The Labute approximate surface area is 60.4 Å². The van der Waals surface area contributed by atoms with Gasteiger partial charge in [0.25, 0.3) is 0 Å². The van der Waals surface area contributed by atoms with E-state index in [0.29, 0.717) is 0 Å². The number of nitrogens with zero attached hydrogens (tertiary/aromatic N) is 1. The molecular formula is C5H5NO3S. The summed E-state index contributed by atoms with van der Waals surface area (Å²) in [6.45, 7) is 0. The zero-order valence-electron chi connectivity index (χ0n) is 4.93. The molecule has 0 saturated carbocycles. The van der Waals surface area contributed by atoms with Gasteiger partial charge in [-0.1, -0.05) is 6.07 Å². The fourth-order valence-electron chi connectivity index (χ4n) is 0.469. The van der Waals surface area contributed by atoms with Crippen LogP contribution < -0.4 is 4.18 Å². The van der Waals surface area contributed by atoms with Crippen molar-refractivity contribution in [3.05, 3.63) is 24.4 Å². The highest BCUT2D eigenvalue weighted by Crippen LogP contribution is 2.03. The second-order valence-corrected chi connectivity index (χ2v) is 2.07.